The lowest BCUT2D eigenvalue weighted by atomic mass is 10.00. The van der Waals surface area contributed by atoms with Gasteiger partial charge in [-0.2, -0.15) is 18.4 Å². The average Bonchev–Trinajstić information content (AvgIpc) is 2.90. The van der Waals surface area contributed by atoms with Crippen molar-refractivity contribution in [3.05, 3.63) is 126 Å². The number of aliphatic hydroxyl groups is 1. The SMILES string of the molecule is C=C/C=C(\C=C)C(O)c1cccc(C)c1.CC/C=C(/C=C(\Nc1cccc(C#N)c1)C(=O)CCC)C(F)(F)F. The van der Waals surface area contributed by atoms with Crippen molar-refractivity contribution >= 4 is 11.5 Å². The number of allylic oxidation sites excluding steroid dienone is 6. The fraction of sp³-hybridized carbons (Fsp3) is 0.250. The molecule has 0 aliphatic carbocycles. The number of Topliss-reactive ketones (excluding diaryl/α,β-unsaturated/α-hetero) is 1. The van der Waals surface area contributed by atoms with Gasteiger partial charge in [-0.05, 0) is 55.2 Å². The van der Waals surface area contributed by atoms with E-state index in [1.165, 1.54) is 6.07 Å². The van der Waals surface area contributed by atoms with E-state index in [0.717, 1.165) is 28.9 Å². The van der Waals surface area contributed by atoms with Crippen LogP contribution in [0.1, 0.15) is 55.9 Å². The van der Waals surface area contributed by atoms with E-state index < -0.39 is 23.6 Å². The number of anilines is 1. The van der Waals surface area contributed by atoms with Gasteiger partial charge < -0.3 is 10.4 Å². The van der Waals surface area contributed by atoms with Crippen LogP contribution in [0, 0.1) is 18.3 Å². The van der Waals surface area contributed by atoms with Crippen LogP contribution in [-0.4, -0.2) is 17.1 Å². The Kier molecular flexibility index (Phi) is 14.0. The Bertz CT molecular complexity index is 1260. The molecule has 2 N–H and O–H groups in total. The molecule has 0 amide bonds. The van der Waals surface area contributed by atoms with Crippen molar-refractivity contribution < 1.29 is 23.1 Å². The van der Waals surface area contributed by atoms with Gasteiger partial charge in [-0.15, -0.1) is 0 Å². The third-order valence-electron chi connectivity index (χ3n) is 5.32. The molecule has 0 radical (unpaired) electrons. The van der Waals surface area contributed by atoms with Crippen LogP contribution in [0.4, 0.5) is 18.9 Å². The molecule has 0 fully saturated rings. The van der Waals surface area contributed by atoms with E-state index in [4.69, 9.17) is 5.26 Å². The Hall–Kier alpha value is -4.15. The molecule has 0 aliphatic heterocycles. The molecule has 0 aliphatic rings. The van der Waals surface area contributed by atoms with Crippen LogP contribution in [0.2, 0.25) is 0 Å². The number of carbonyl (C=O) groups is 1. The van der Waals surface area contributed by atoms with Gasteiger partial charge in [0.25, 0.3) is 0 Å². The van der Waals surface area contributed by atoms with Gasteiger partial charge in [0.05, 0.1) is 22.9 Å². The number of alkyl halides is 3. The van der Waals surface area contributed by atoms with E-state index in [1.807, 2.05) is 37.3 Å². The molecule has 1 unspecified atom stereocenters. The molecule has 2 rings (SSSR count). The number of halogens is 3. The molecular formula is C32H35F3N2O2. The molecular weight excluding hydrogens is 501 g/mol. The highest BCUT2D eigenvalue weighted by Gasteiger charge is 2.32. The van der Waals surface area contributed by atoms with E-state index >= 15 is 0 Å². The normalized spacial score (nSPS) is 12.9. The van der Waals surface area contributed by atoms with Gasteiger partial charge in [-0.3, -0.25) is 4.79 Å². The zero-order valence-corrected chi connectivity index (χ0v) is 22.6. The predicted molar refractivity (Wildman–Crippen MR) is 152 cm³/mol. The Morgan fingerprint density at radius 1 is 1.15 bits per heavy atom. The summed E-state index contributed by atoms with van der Waals surface area (Å²) in [7, 11) is 0. The number of aryl methyl sites for hydroxylation is 1. The van der Waals surface area contributed by atoms with Crippen molar-refractivity contribution in [2.45, 2.75) is 52.3 Å². The van der Waals surface area contributed by atoms with Gasteiger partial charge in [0.15, 0.2) is 5.78 Å². The molecule has 0 saturated carbocycles. The zero-order valence-electron chi connectivity index (χ0n) is 22.6. The molecule has 0 spiro atoms. The summed E-state index contributed by atoms with van der Waals surface area (Å²) in [5, 5.41) is 21.7. The van der Waals surface area contributed by atoms with Crippen molar-refractivity contribution in [1.29, 1.82) is 5.26 Å². The van der Waals surface area contributed by atoms with Crippen LogP contribution in [-0.2, 0) is 4.79 Å². The van der Waals surface area contributed by atoms with Crippen molar-refractivity contribution in [2.24, 2.45) is 0 Å². The Morgan fingerprint density at radius 2 is 1.85 bits per heavy atom. The first-order chi connectivity index (χ1) is 18.5. The van der Waals surface area contributed by atoms with Gasteiger partial charge in [0.1, 0.15) is 6.10 Å². The fourth-order valence-electron chi connectivity index (χ4n) is 3.44. The summed E-state index contributed by atoms with van der Waals surface area (Å²) in [6.45, 7) is 12.7. The van der Waals surface area contributed by atoms with Gasteiger partial charge in [-0.1, -0.05) is 87.2 Å². The van der Waals surface area contributed by atoms with Gasteiger partial charge in [0.2, 0.25) is 0 Å². The molecule has 0 saturated heterocycles. The van der Waals surface area contributed by atoms with Crippen molar-refractivity contribution in [2.75, 3.05) is 5.32 Å². The van der Waals surface area contributed by atoms with Crippen LogP contribution < -0.4 is 5.32 Å². The lowest BCUT2D eigenvalue weighted by Crippen LogP contribution is -2.16. The van der Waals surface area contributed by atoms with Crippen LogP contribution in [0.15, 0.2) is 109 Å². The number of ketones is 1. The first-order valence-corrected chi connectivity index (χ1v) is 12.5. The second-order valence-corrected chi connectivity index (χ2v) is 8.54. The van der Waals surface area contributed by atoms with Gasteiger partial charge in [0, 0.05) is 12.1 Å². The number of hydrogen-bond acceptors (Lipinski definition) is 4. The summed E-state index contributed by atoms with van der Waals surface area (Å²) in [4.78, 5) is 12.2. The number of rotatable bonds is 11. The third kappa shape index (κ3) is 11.4. The van der Waals surface area contributed by atoms with Crippen LogP contribution >= 0.6 is 0 Å². The molecule has 7 heteroatoms. The first-order valence-electron chi connectivity index (χ1n) is 12.5. The van der Waals surface area contributed by atoms with Gasteiger partial charge in [-0.25, -0.2) is 0 Å². The molecule has 0 bridgehead atoms. The monoisotopic (exact) mass is 536 g/mol. The van der Waals surface area contributed by atoms with E-state index in [2.05, 4.69) is 18.5 Å². The molecule has 2 aromatic rings. The van der Waals surface area contributed by atoms with E-state index in [1.54, 1.807) is 50.3 Å². The third-order valence-corrected chi connectivity index (χ3v) is 5.32. The number of hydrogen-bond donors (Lipinski definition) is 2. The maximum Gasteiger partial charge on any atom is 0.416 e. The smallest absolute Gasteiger partial charge is 0.384 e. The zero-order chi connectivity index (χ0) is 29.4. The Balaban J connectivity index is 0.000000434. The largest absolute Gasteiger partial charge is 0.416 e. The lowest BCUT2D eigenvalue weighted by Gasteiger charge is -2.13. The summed E-state index contributed by atoms with van der Waals surface area (Å²) in [6, 6.07) is 16.0. The average molecular weight is 537 g/mol. The summed E-state index contributed by atoms with van der Waals surface area (Å²) < 4.78 is 39.2. The highest BCUT2D eigenvalue weighted by molar-refractivity contribution is 5.98. The van der Waals surface area contributed by atoms with Crippen molar-refractivity contribution in [3.8, 4) is 6.07 Å². The Labute approximate surface area is 229 Å². The lowest BCUT2D eigenvalue weighted by molar-refractivity contribution is -0.115. The molecule has 1 atom stereocenters. The molecule has 4 nitrogen and oxygen atoms in total. The van der Waals surface area contributed by atoms with E-state index in [0.29, 0.717) is 17.7 Å². The number of nitrogens with zero attached hydrogens (tertiary/aromatic N) is 1. The number of carbonyl (C=O) groups excluding carboxylic acids is 1. The van der Waals surface area contributed by atoms with Crippen LogP contribution in [0.25, 0.3) is 0 Å². The van der Waals surface area contributed by atoms with Crippen LogP contribution in [0.5, 0.6) is 0 Å². The standard InChI is InChI=1S/C18H19F3N2O.C14H16O/c1-3-6-14(18(19,20)21)11-16(17(24)7-4-2)23-15-9-5-8-13(10-15)12-22;1-4-7-12(5-2)14(15)13-9-6-8-11(3)10-13/h5-6,8-11,23H,3-4,7H2,1-2H3;4-10,14-15H,1-2H2,3H3/b14-6-,16-11-;12-7+. The van der Waals surface area contributed by atoms with E-state index in [9.17, 15) is 23.1 Å². The summed E-state index contributed by atoms with van der Waals surface area (Å²) >= 11 is 0. The second-order valence-electron chi connectivity index (χ2n) is 8.54. The van der Waals surface area contributed by atoms with Crippen LogP contribution in [0.3, 0.4) is 0 Å². The Morgan fingerprint density at radius 3 is 2.38 bits per heavy atom. The summed E-state index contributed by atoms with van der Waals surface area (Å²) in [5.41, 5.74) is 2.51. The predicted octanol–water partition coefficient (Wildman–Crippen LogP) is 8.45. The van der Waals surface area contributed by atoms with E-state index in [-0.39, 0.29) is 18.5 Å². The summed E-state index contributed by atoms with van der Waals surface area (Å²) in [6.07, 6.45) is 2.62. The molecule has 39 heavy (non-hydrogen) atoms. The fourth-order valence-corrected chi connectivity index (χ4v) is 3.44. The van der Waals surface area contributed by atoms with Gasteiger partial charge >= 0.3 is 6.18 Å². The van der Waals surface area contributed by atoms with Crippen molar-refractivity contribution in [3.63, 3.8) is 0 Å². The highest BCUT2D eigenvalue weighted by Crippen LogP contribution is 2.29. The topological polar surface area (TPSA) is 73.1 Å². The molecule has 206 valence electrons. The minimum atomic E-state index is -4.54. The number of aliphatic hydroxyl groups excluding tert-OH is 1. The second kappa shape index (κ2) is 16.6. The number of benzene rings is 2. The quantitative estimate of drug-likeness (QED) is 0.223. The summed E-state index contributed by atoms with van der Waals surface area (Å²) in [5.74, 6) is -0.411. The molecule has 2 aromatic carbocycles. The maximum absolute atomic E-state index is 13.1. The van der Waals surface area contributed by atoms with Crippen molar-refractivity contribution in [1.82, 2.24) is 0 Å². The highest BCUT2D eigenvalue weighted by atomic mass is 19.4. The number of nitriles is 1. The minimum absolute atomic E-state index is 0.133. The minimum Gasteiger partial charge on any atom is -0.384 e. The first kappa shape index (κ1) is 32.9. The number of nitrogens with one attached hydrogen (secondary N) is 1. The maximum atomic E-state index is 13.1. The molecule has 0 heterocycles. The molecule has 0 aromatic heterocycles.